The number of nitrogens with two attached hydrogens (primary N) is 1. The third-order valence-corrected chi connectivity index (χ3v) is 2.59. The van der Waals surface area contributed by atoms with Crippen molar-refractivity contribution >= 4 is 11.5 Å². The number of nitrogens with zero attached hydrogens (tertiary/aromatic N) is 2. The Hall–Kier alpha value is -1.36. The molecule has 1 aromatic rings. The number of carbonyl (C=O) groups excluding carboxylic acids is 1. The van der Waals surface area contributed by atoms with Crippen LogP contribution in [0, 0.1) is 0 Å². The van der Waals surface area contributed by atoms with E-state index in [4.69, 9.17) is 10.5 Å². The first-order valence-corrected chi connectivity index (χ1v) is 5.15. The minimum Gasteiger partial charge on any atom is -0.396 e. The lowest BCUT2D eigenvalue weighted by Crippen LogP contribution is -2.22. The summed E-state index contributed by atoms with van der Waals surface area (Å²) in [7, 11) is 0. The Morgan fingerprint density at radius 3 is 3.07 bits per heavy atom. The number of anilines is 1. The van der Waals surface area contributed by atoms with Crippen LogP contribution in [-0.2, 0) is 4.74 Å². The van der Waals surface area contributed by atoms with E-state index in [1.807, 2.05) is 0 Å². The van der Waals surface area contributed by atoms with Crippen LogP contribution in [0.1, 0.15) is 42.9 Å². The molecule has 0 aromatic carbocycles. The topological polar surface area (TPSA) is 70.1 Å². The van der Waals surface area contributed by atoms with E-state index in [1.54, 1.807) is 4.68 Å². The quantitative estimate of drug-likeness (QED) is 0.747. The zero-order valence-electron chi connectivity index (χ0n) is 8.77. The van der Waals surface area contributed by atoms with E-state index < -0.39 is 0 Å². The second-order valence-corrected chi connectivity index (χ2v) is 3.77. The summed E-state index contributed by atoms with van der Waals surface area (Å²) in [5, 5.41) is 4.11. The SMILES string of the molecule is CC(=O)c1c(N)cnn1C1CCCCO1. The molecule has 1 aromatic heterocycles. The normalized spacial score (nSPS) is 21.5. The molecule has 5 nitrogen and oxygen atoms in total. The number of rotatable bonds is 2. The summed E-state index contributed by atoms with van der Waals surface area (Å²) in [6, 6.07) is 0. The van der Waals surface area contributed by atoms with Crippen molar-refractivity contribution in [3.05, 3.63) is 11.9 Å². The van der Waals surface area contributed by atoms with Crippen molar-refractivity contribution in [2.45, 2.75) is 32.4 Å². The molecule has 1 aliphatic heterocycles. The fourth-order valence-electron chi connectivity index (χ4n) is 1.88. The highest BCUT2D eigenvalue weighted by molar-refractivity contribution is 5.97. The van der Waals surface area contributed by atoms with Gasteiger partial charge in [0.25, 0.3) is 0 Å². The Bertz CT molecular complexity index is 367. The minimum absolute atomic E-state index is 0.0702. The number of ether oxygens (including phenoxy) is 1. The van der Waals surface area contributed by atoms with E-state index in [-0.39, 0.29) is 12.0 Å². The molecule has 82 valence electrons. The zero-order chi connectivity index (χ0) is 10.8. The Morgan fingerprint density at radius 1 is 1.67 bits per heavy atom. The van der Waals surface area contributed by atoms with Crippen molar-refractivity contribution < 1.29 is 9.53 Å². The van der Waals surface area contributed by atoms with Crippen LogP contribution in [0.2, 0.25) is 0 Å². The maximum absolute atomic E-state index is 11.4. The maximum atomic E-state index is 11.4. The summed E-state index contributed by atoms with van der Waals surface area (Å²) in [4.78, 5) is 11.4. The van der Waals surface area contributed by atoms with Crippen molar-refractivity contribution in [3.8, 4) is 0 Å². The van der Waals surface area contributed by atoms with Crippen molar-refractivity contribution in [3.63, 3.8) is 0 Å². The first-order valence-electron chi connectivity index (χ1n) is 5.15. The molecule has 2 N–H and O–H groups in total. The van der Waals surface area contributed by atoms with E-state index in [2.05, 4.69) is 5.10 Å². The molecule has 1 aliphatic rings. The first-order chi connectivity index (χ1) is 7.20. The summed E-state index contributed by atoms with van der Waals surface area (Å²) in [5.74, 6) is -0.0702. The van der Waals surface area contributed by atoms with Crippen LogP contribution in [0.25, 0.3) is 0 Å². The van der Waals surface area contributed by atoms with Gasteiger partial charge in [-0.05, 0) is 19.3 Å². The summed E-state index contributed by atoms with van der Waals surface area (Å²) < 4.78 is 7.17. The summed E-state index contributed by atoms with van der Waals surface area (Å²) >= 11 is 0. The van der Waals surface area contributed by atoms with Gasteiger partial charge in [-0.3, -0.25) is 4.79 Å². The van der Waals surface area contributed by atoms with Gasteiger partial charge in [0.1, 0.15) is 5.69 Å². The fourth-order valence-corrected chi connectivity index (χ4v) is 1.88. The highest BCUT2D eigenvalue weighted by Gasteiger charge is 2.22. The number of aromatic nitrogens is 2. The van der Waals surface area contributed by atoms with Gasteiger partial charge >= 0.3 is 0 Å². The number of carbonyl (C=O) groups is 1. The van der Waals surface area contributed by atoms with Gasteiger partial charge < -0.3 is 10.5 Å². The molecule has 2 heterocycles. The molecule has 0 aliphatic carbocycles. The number of ketones is 1. The molecule has 0 saturated carbocycles. The van der Waals surface area contributed by atoms with Gasteiger partial charge in [0, 0.05) is 13.5 Å². The predicted octanol–water partition coefficient (Wildman–Crippen LogP) is 1.37. The van der Waals surface area contributed by atoms with Crippen LogP contribution in [0.5, 0.6) is 0 Å². The van der Waals surface area contributed by atoms with Gasteiger partial charge in [-0.1, -0.05) is 0 Å². The van der Waals surface area contributed by atoms with Crippen LogP contribution in [0.4, 0.5) is 5.69 Å². The third kappa shape index (κ3) is 1.87. The smallest absolute Gasteiger partial charge is 0.180 e. The van der Waals surface area contributed by atoms with E-state index in [9.17, 15) is 4.79 Å². The maximum Gasteiger partial charge on any atom is 0.180 e. The number of hydrogen-bond acceptors (Lipinski definition) is 4. The highest BCUT2D eigenvalue weighted by atomic mass is 16.5. The van der Waals surface area contributed by atoms with Crippen molar-refractivity contribution in [2.24, 2.45) is 0 Å². The number of hydrogen-bond donors (Lipinski definition) is 1. The second kappa shape index (κ2) is 4.02. The van der Waals surface area contributed by atoms with E-state index >= 15 is 0 Å². The van der Waals surface area contributed by atoms with Gasteiger partial charge in [-0.25, -0.2) is 4.68 Å². The summed E-state index contributed by atoms with van der Waals surface area (Å²) in [6.45, 7) is 2.22. The highest BCUT2D eigenvalue weighted by Crippen LogP contribution is 2.25. The van der Waals surface area contributed by atoms with Crippen LogP contribution >= 0.6 is 0 Å². The molecule has 15 heavy (non-hydrogen) atoms. The van der Waals surface area contributed by atoms with Crippen molar-refractivity contribution in [1.82, 2.24) is 9.78 Å². The average Bonchev–Trinajstić information content (AvgIpc) is 2.61. The molecule has 1 saturated heterocycles. The molecule has 1 fully saturated rings. The average molecular weight is 209 g/mol. The molecule has 5 heteroatoms. The van der Waals surface area contributed by atoms with Gasteiger partial charge in [0.05, 0.1) is 11.9 Å². The Kier molecular flexibility index (Phi) is 2.73. The second-order valence-electron chi connectivity index (χ2n) is 3.77. The lowest BCUT2D eigenvalue weighted by Gasteiger charge is -2.23. The lowest BCUT2D eigenvalue weighted by molar-refractivity contribution is -0.0404. The molecule has 1 atom stereocenters. The van der Waals surface area contributed by atoms with Crippen LogP contribution < -0.4 is 5.73 Å². The minimum atomic E-state index is -0.130. The van der Waals surface area contributed by atoms with E-state index in [0.717, 1.165) is 25.9 Å². The number of nitrogen functional groups attached to an aromatic ring is 1. The number of Topliss-reactive ketones (excluding diaryl/α,β-unsaturated/α-hetero) is 1. The van der Waals surface area contributed by atoms with Gasteiger partial charge in [0.2, 0.25) is 0 Å². The Balaban J connectivity index is 2.30. The van der Waals surface area contributed by atoms with Gasteiger partial charge in [-0.15, -0.1) is 0 Å². The lowest BCUT2D eigenvalue weighted by atomic mass is 10.2. The Labute approximate surface area is 88.2 Å². The Morgan fingerprint density at radius 2 is 2.47 bits per heavy atom. The fraction of sp³-hybridized carbons (Fsp3) is 0.600. The predicted molar refractivity (Wildman–Crippen MR) is 55.5 cm³/mol. The van der Waals surface area contributed by atoms with Crippen LogP contribution in [-0.4, -0.2) is 22.2 Å². The molecular formula is C10H15N3O2. The van der Waals surface area contributed by atoms with Crippen LogP contribution in [0.3, 0.4) is 0 Å². The van der Waals surface area contributed by atoms with Gasteiger partial charge in [0.15, 0.2) is 12.0 Å². The van der Waals surface area contributed by atoms with Crippen LogP contribution in [0.15, 0.2) is 6.20 Å². The molecule has 0 spiro atoms. The van der Waals surface area contributed by atoms with Gasteiger partial charge in [-0.2, -0.15) is 5.10 Å². The summed E-state index contributed by atoms with van der Waals surface area (Å²) in [5.41, 5.74) is 6.58. The third-order valence-electron chi connectivity index (χ3n) is 2.59. The standard InChI is InChI=1S/C10H15N3O2/c1-7(14)10-8(11)6-12-13(10)9-4-2-3-5-15-9/h6,9H,2-5,11H2,1H3. The summed E-state index contributed by atoms with van der Waals surface area (Å²) in [6.07, 6.45) is 4.44. The molecule has 0 radical (unpaired) electrons. The monoisotopic (exact) mass is 209 g/mol. The molecule has 1 unspecified atom stereocenters. The first kappa shape index (κ1) is 10.2. The van der Waals surface area contributed by atoms with E-state index in [1.165, 1.54) is 13.1 Å². The molecule has 0 bridgehead atoms. The van der Waals surface area contributed by atoms with Crippen molar-refractivity contribution in [2.75, 3.05) is 12.3 Å². The molecular weight excluding hydrogens is 194 g/mol. The molecule has 2 rings (SSSR count). The largest absolute Gasteiger partial charge is 0.396 e. The zero-order valence-corrected chi connectivity index (χ0v) is 8.77. The van der Waals surface area contributed by atoms with Crippen molar-refractivity contribution in [1.29, 1.82) is 0 Å². The van der Waals surface area contributed by atoms with E-state index in [0.29, 0.717) is 11.4 Å². The molecule has 0 amide bonds.